The zero-order chi connectivity index (χ0) is 22.2. The van der Waals surface area contributed by atoms with E-state index in [1.165, 1.54) is 11.4 Å². The molecular formula is C23H27N3O4S. The summed E-state index contributed by atoms with van der Waals surface area (Å²) in [6.45, 7) is 4.07. The highest BCUT2D eigenvalue weighted by molar-refractivity contribution is 7.92. The van der Waals surface area contributed by atoms with E-state index in [1.807, 2.05) is 11.8 Å². The highest BCUT2D eigenvalue weighted by Gasteiger charge is 2.35. The van der Waals surface area contributed by atoms with Crippen LogP contribution in [0.5, 0.6) is 0 Å². The molecular weight excluding hydrogens is 414 g/mol. The highest BCUT2D eigenvalue weighted by Crippen LogP contribution is 2.31. The Morgan fingerprint density at radius 1 is 0.871 bits per heavy atom. The summed E-state index contributed by atoms with van der Waals surface area (Å²) in [4.78, 5) is 28.8. The molecule has 0 radical (unpaired) electrons. The second-order valence-corrected chi connectivity index (χ2v) is 10.2. The number of hydrogen-bond donors (Lipinski definition) is 0. The van der Waals surface area contributed by atoms with Crippen LogP contribution in [0.25, 0.3) is 0 Å². The normalized spacial score (nSPS) is 16.8. The molecule has 8 heteroatoms. The lowest BCUT2D eigenvalue weighted by molar-refractivity contribution is -0.134. The average molecular weight is 442 g/mol. The van der Waals surface area contributed by atoms with E-state index in [1.54, 1.807) is 53.4 Å². The Morgan fingerprint density at radius 2 is 1.42 bits per heavy atom. The summed E-state index contributed by atoms with van der Waals surface area (Å²) >= 11 is 0. The molecule has 0 spiro atoms. The van der Waals surface area contributed by atoms with Crippen molar-refractivity contribution in [3.8, 4) is 0 Å². The Balaban J connectivity index is 1.41. The summed E-state index contributed by atoms with van der Waals surface area (Å²) < 4.78 is 26.9. The molecule has 1 saturated carbocycles. The first-order chi connectivity index (χ1) is 14.8. The molecule has 0 N–H and O–H groups in total. The van der Waals surface area contributed by atoms with Gasteiger partial charge in [-0.15, -0.1) is 0 Å². The maximum Gasteiger partial charge on any atom is 0.264 e. The predicted octanol–water partition coefficient (Wildman–Crippen LogP) is 2.51. The van der Waals surface area contributed by atoms with E-state index in [9.17, 15) is 18.0 Å². The molecule has 2 amide bonds. The van der Waals surface area contributed by atoms with Crippen molar-refractivity contribution < 1.29 is 18.0 Å². The third-order valence-corrected chi connectivity index (χ3v) is 7.76. The van der Waals surface area contributed by atoms with Crippen molar-refractivity contribution in [3.05, 3.63) is 59.7 Å². The zero-order valence-corrected chi connectivity index (χ0v) is 18.6. The van der Waals surface area contributed by atoms with Crippen LogP contribution in [-0.2, 0) is 14.8 Å². The number of nitrogens with zero attached hydrogens (tertiary/aromatic N) is 3. The van der Waals surface area contributed by atoms with Crippen molar-refractivity contribution in [2.45, 2.75) is 24.7 Å². The average Bonchev–Trinajstić information content (AvgIpc) is 3.64. The van der Waals surface area contributed by atoms with Crippen molar-refractivity contribution in [2.24, 2.45) is 5.92 Å². The summed E-state index contributed by atoms with van der Waals surface area (Å²) in [5, 5.41) is 0. The van der Waals surface area contributed by atoms with E-state index in [0.29, 0.717) is 37.4 Å². The number of aryl methyl sites for hydroxylation is 1. The minimum Gasteiger partial charge on any atom is -0.339 e. The Morgan fingerprint density at radius 3 is 1.97 bits per heavy atom. The fourth-order valence-corrected chi connectivity index (χ4v) is 4.92. The molecule has 1 heterocycles. The minimum atomic E-state index is -3.68. The SMILES string of the molecule is Cc1ccc(S(=O)(=O)N(C)c2ccc(C(=O)N3CCN(C(=O)C4CC4)CC3)cc2)cc1. The van der Waals surface area contributed by atoms with Gasteiger partial charge in [-0.2, -0.15) is 0 Å². The number of piperazine rings is 1. The first-order valence-electron chi connectivity index (χ1n) is 10.5. The van der Waals surface area contributed by atoms with Gasteiger partial charge in [-0.1, -0.05) is 17.7 Å². The van der Waals surface area contributed by atoms with Crippen molar-refractivity contribution in [1.82, 2.24) is 9.80 Å². The van der Waals surface area contributed by atoms with Crippen LogP contribution >= 0.6 is 0 Å². The molecule has 0 atom stereocenters. The lowest BCUT2D eigenvalue weighted by Gasteiger charge is -2.35. The monoisotopic (exact) mass is 441 g/mol. The van der Waals surface area contributed by atoms with E-state index in [0.717, 1.165) is 18.4 Å². The number of rotatable bonds is 5. The van der Waals surface area contributed by atoms with Crippen molar-refractivity contribution in [3.63, 3.8) is 0 Å². The molecule has 0 unspecified atom stereocenters. The van der Waals surface area contributed by atoms with Gasteiger partial charge in [0.05, 0.1) is 10.6 Å². The summed E-state index contributed by atoms with van der Waals surface area (Å²) in [5.41, 5.74) is 1.98. The van der Waals surface area contributed by atoms with Gasteiger partial charge in [0.2, 0.25) is 5.91 Å². The van der Waals surface area contributed by atoms with Crippen LogP contribution in [-0.4, -0.2) is 63.3 Å². The minimum absolute atomic E-state index is 0.103. The first-order valence-corrected chi connectivity index (χ1v) is 11.9. The van der Waals surface area contributed by atoms with Gasteiger partial charge in [-0.05, 0) is 56.2 Å². The van der Waals surface area contributed by atoms with Gasteiger partial charge < -0.3 is 9.80 Å². The molecule has 2 aromatic carbocycles. The molecule has 1 aliphatic carbocycles. The Bertz CT molecular complexity index is 1070. The second-order valence-electron chi connectivity index (χ2n) is 8.22. The fourth-order valence-electron chi connectivity index (χ4n) is 3.72. The number of anilines is 1. The van der Waals surface area contributed by atoms with Crippen LogP contribution in [0.3, 0.4) is 0 Å². The van der Waals surface area contributed by atoms with Gasteiger partial charge in [0, 0.05) is 44.7 Å². The maximum absolute atomic E-state index is 12.9. The fraction of sp³-hybridized carbons (Fsp3) is 0.391. The van der Waals surface area contributed by atoms with Gasteiger partial charge in [-0.3, -0.25) is 13.9 Å². The number of benzene rings is 2. The molecule has 7 nitrogen and oxygen atoms in total. The van der Waals surface area contributed by atoms with Crippen molar-refractivity contribution >= 4 is 27.5 Å². The molecule has 2 aromatic rings. The third-order valence-electron chi connectivity index (χ3n) is 5.96. The molecule has 164 valence electrons. The summed E-state index contributed by atoms with van der Waals surface area (Å²) in [6, 6.07) is 13.3. The van der Waals surface area contributed by atoms with Crippen LogP contribution in [0.1, 0.15) is 28.8 Å². The molecule has 31 heavy (non-hydrogen) atoms. The van der Waals surface area contributed by atoms with Crippen LogP contribution in [0, 0.1) is 12.8 Å². The number of carbonyl (C=O) groups is 2. The predicted molar refractivity (Wildman–Crippen MR) is 118 cm³/mol. The standard InChI is InChI=1S/C23H27N3O4S/c1-17-3-11-21(12-4-17)31(29,30)24(2)20-9-7-19(8-10-20)23(28)26-15-13-25(14-16-26)22(27)18-5-6-18/h3-4,7-12,18H,5-6,13-16H2,1-2H3. The number of carbonyl (C=O) groups excluding carboxylic acids is 2. The lowest BCUT2D eigenvalue weighted by atomic mass is 10.1. The van der Waals surface area contributed by atoms with Crippen LogP contribution in [0.2, 0.25) is 0 Å². The quantitative estimate of drug-likeness (QED) is 0.714. The second kappa shape index (κ2) is 8.34. The molecule has 0 bridgehead atoms. The molecule has 4 rings (SSSR count). The summed E-state index contributed by atoms with van der Waals surface area (Å²) in [5.74, 6) is 0.311. The van der Waals surface area contributed by atoms with Gasteiger partial charge in [0.15, 0.2) is 0 Å². The molecule has 2 fully saturated rings. The van der Waals surface area contributed by atoms with Gasteiger partial charge in [-0.25, -0.2) is 8.42 Å². The van der Waals surface area contributed by atoms with E-state index in [2.05, 4.69) is 0 Å². The van der Waals surface area contributed by atoms with E-state index < -0.39 is 10.0 Å². The highest BCUT2D eigenvalue weighted by atomic mass is 32.2. The zero-order valence-electron chi connectivity index (χ0n) is 17.8. The van der Waals surface area contributed by atoms with Crippen LogP contribution < -0.4 is 4.31 Å². The number of sulfonamides is 1. The van der Waals surface area contributed by atoms with E-state index in [-0.39, 0.29) is 22.6 Å². The Kier molecular flexibility index (Phi) is 5.75. The van der Waals surface area contributed by atoms with Crippen LogP contribution in [0.4, 0.5) is 5.69 Å². The van der Waals surface area contributed by atoms with Gasteiger partial charge in [0.1, 0.15) is 0 Å². The number of amides is 2. The summed E-state index contributed by atoms with van der Waals surface area (Å²) in [7, 11) is -2.18. The van der Waals surface area contributed by atoms with Crippen molar-refractivity contribution in [2.75, 3.05) is 37.5 Å². The summed E-state index contributed by atoms with van der Waals surface area (Å²) in [6.07, 6.45) is 1.97. The first kappa shape index (κ1) is 21.4. The van der Waals surface area contributed by atoms with Crippen LogP contribution in [0.15, 0.2) is 53.4 Å². The lowest BCUT2D eigenvalue weighted by Crippen LogP contribution is -2.51. The largest absolute Gasteiger partial charge is 0.339 e. The van der Waals surface area contributed by atoms with E-state index >= 15 is 0 Å². The van der Waals surface area contributed by atoms with E-state index in [4.69, 9.17) is 0 Å². The van der Waals surface area contributed by atoms with Crippen molar-refractivity contribution in [1.29, 1.82) is 0 Å². The molecule has 2 aliphatic rings. The molecule has 1 saturated heterocycles. The molecule has 0 aromatic heterocycles. The van der Waals surface area contributed by atoms with Gasteiger partial charge >= 0.3 is 0 Å². The third kappa shape index (κ3) is 4.44. The van der Waals surface area contributed by atoms with Gasteiger partial charge in [0.25, 0.3) is 15.9 Å². The Hall–Kier alpha value is -2.87. The topological polar surface area (TPSA) is 78.0 Å². The smallest absolute Gasteiger partial charge is 0.264 e. The Labute approximate surface area is 183 Å². The molecule has 1 aliphatic heterocycles. The maximum atomic E-state index is 12.9. The number of hydrogen-bond acceptors (Lipinski definition) is 4.